The highest BCUT2D eigenvalue weighted by Gasteiger charge is 2.15. The molecule has 0 spiro atoms. The molecule has 6 nitrogen and oxygen atoms in total. The van der Waals surface area contributed by atoms with Crippen LogP contribution in [0.4, 0.5) is 0 Å². The van der Waals surface area contributed by atoms with Gasteiger partial charge in [-0.3, -0.25) is 9.48 Å². The number of carbonyl (C=O) groups excluding carboxylic acids is 1. The Morgan fingerprint density at radius 3 is 2.53 bits per heavy atom. The van der Waals surface area contributed by atoms with Crippen molar-refractivity contribution >= 4 is 17.2 Å². The molecule has 0 aliphatic heterocycles. The lowest BCUT2D eigenvalue weighted by Gasteiger charge is -2.05. The average Bonchev–Trinajstić information content (AvgIpc) is 3.59. The van der Waals surface area contributed by atoms with Crippen molar-refractivity contribution < 1.29 is 9.21 Å². The van der Waals surface area contributed by atoms with E-state index in [1.54, 1.807) is 0 Å². The van der Waals surface area contributed by atoms with E-state index >= 15 is 0 Å². The Morgan fingerprint density at radius 2 is 1.79 bits per heavy atom. The highest BCUT2D eigenvalue weighted by molar-refractivity contribution is 7.13. The highest BCUT2D eigenvalue weighted by Crippen LogP contribution is 2.26. The summed E-state index contributed by atoms with van der Waals surface area (Å²) in [5.41, 5.74) is 4.78. The largest absolute Gasteiger partial charge is 0.459 e. The third-order valence-corrected chi connectivity index (χ3v) is 6.30. The Hall–Kier alpha value is -3.97. The Bertz CT molecular complexity index is 1390. The van der Waals surface area contributed by atoms with Crippen LogP contribution in [0.3, 0.4) is 0 Å². The second kappa shape index (κ2) is 9.89. The molecule has 1 amide bonds. The zero-order valence-electron chi connectivity index (χ0n) is 18.8. The molecule has 1 N–H and O–H groups in total. The second-order valence-corrected chi connectivity index (χ2v) is 8.92. The Balaban J connectivity index is 1.28. The van der Waals surface area contributed by atoms with Crippen LogP contribution in [-0.2, 0) is 24.3 Å². The van der Waals surface area contributed by atoms with Gasteiger partial charge in [0.1, 0.15) is 5.76 Å². The molecular formula is C27H24N4O2S. The van der Waals surface area contributed by atoms with E-state index in [4.69, 9.17) is 9.52 Å². The lowest BCUT2D eigenvalue weighted by Crippen LogP contribution is -2.24. The Kier molecular flexibility index (Phi) is 6.35. The number of hydrogen-bond acceptors (Lipinski definition) is 5. The minimum atomic E-state index is -0.0812. The third kappa shape index (κ3) is 5.15. The number of nitrogens with one attached hydrogen (secondary N) is 1. The first kappa shape index (κ1) is 21.9. The van der Waals surface area contributed by atoms with Crippen LogP contribution < -0.4 is 5.32 Å². The summed E-state index contributed by atoms with van der Waals surface area (Å²) < 4.78 is 7.56. The molecule has 5 rings (SSSR count). The van der Waals surface area contributed by atoms with Gasteiger partial charge in [-0.2, -0.15) is 5.10 Å². The molecule has 5 aromatic rings. The van der Waals surface area contributed by atoms with Crippen molar-refractivity contribution in [3.8, 4) is 22.0 Å². The van der Waals surface area contributed by atoms with Gasteiger partial charge in [0.25, 0.3) is 0 Å². The molecule has 34 heavy (non-hydrogen) atoms. The Labute approximate surface area is 201 Å². The number of thiazole rings is 1. The number of benzene rings is 2. The van der Waals surface area contributed by atoms with Gasteiger partial charge in [-0.05, 0) is 24.6 Å². The lowest BCUT2D eigenvalue weighted by molar-refractivity contribution is -0.120. The van der Waals surface area contributed by atoms with Gasteiger partial charge < -0.3 is 9.73 Å². The van der Waals surface area contributed by atoms with E-state index < -0.39 is 0 Å². The van der Waals surface area contributed by atoms with E-state index in [0.717, 1.165) is 39.0 Å². The summed E-state index contributed by atoms with van der Waals surface area (Å²) in [5.74, 6) is 1.49. The second-order valence-electron chi connectivity index (χ2n) is 8.06. The molecule has 0 aliphatic carbocycles. The van der Waals surface area contributed by atoms with Gasteiger partial charge in [-0.1, -0.05) is 60.7 Å². The predicted molar refractivity (Wildman–Crippen MR) is 133 cm³/mol. The summed E-state index contributed by atoms with van der Waals surface area (Å²) in [6.07, 6.45) is 2.23. The standard InChI is InChI=1S/C27H24N4O2S/c1-19-12-13-24(33-19)27-29-23(18-34-27)14-25(32)28-15-22-17-31(16-20-8-4-2-5-9-20)30-26(22)21-10-6-3-7-11-21/h2-13,17-18H,14-16H2,1H3,(H,28,32). The van der Waals surface area contributed by atoms with E-state index in [9.17, 15) is 4.79 Å². The van der Waals surface area contributed by atoms with Gasteiger partial charge in [0.05, 0.1) is 24.4 Å². The van der Waals surface area contributed by atoms with Gasteiger partial charge in [-0.15, -0.1) is 11.3 Å². The molecule has 0 saturated carbocycles. The van der Waals surface area contributed by atoms with Crippen LogP contribution in [0.5, 0.6) is 0 Å². The maximum absolute atomic E-state index is 12.7. The van der Waals surface area contributed by atoms with E-state index in [0.29, 0.717) is 13.1 Å². The van der Waals surface area contributed by atoms with E-state index in [1.165, 1.54) is 16.9 Å². The van der Waals surface area contributed by atoms with Crippen LogP contribution in [0.1, 0.15) is 22.6 Å². The number of aryl methyl sites for hydroxylation is 1. The molecule has 3 aromatic heterocycles. The number of furan rings is 1. The smallest absolute Gasteiger partial charge is 0.226 e. The third-order valence-electron chi connectivity index (χ3n) is 5.39. The topological polar surface area (TPSA) is 73.0 Å². The van der Waals surface area contributed by atoms with Gasteiger partial charge >= 0.3 is 0 Å². The SMILES string of the molecule is Cc1ccc(-c2nc(CC(=O)NCc3cn(Cc4ccccc4)nc3-c3ccccc3)cs2)o1. The average molecular weight is 469 g/mol. The fourth-order valence-electron chi connectivity index (χ4n) is 3.75. The van der Waals surface area contributed by atoms with Gasteiger partial charge in [0.2, 0.25) is 5.91 Å². The minimum absolute atomic E-state index is 0.0812. The van der Waals surface area contributed by atoms with Crippen molar-refractivity contribution in [2.75, 3.05) is 0 Å². The van der Waals surface area contributed by atoms with Crippen LogP contribution in [0.2, 0.25) is 0 Å². The molecular weight excluding hydrogens is 444 g/mol. The first-order valence-corrected chi connectivity index (χ1v) is 12.0. The predicted octanol–water partition coefficient (Wildman–Crippen LogP) is 5.48. The summed E-state index contributed by atoms with van der Waals surface area (Å²) in [6.45, 7) is 2.96. The molecule has 170 valence electrons. The zero-order chi connectivity index (χ0) is 23.3. The molecule has 0 atom stereocenters. The van der Waals surface area contributed by atoms with Crippen molar-refractivity contribution in [2.24, 2.45) is 0 Å². The summed E-state index contributed by atoms with van der Waals surface area (Å²) in [5, 5.41) is 10.5. The summed E-state index contributed by atoms with van der Waals surface area (Å²) in [4.78, 5) is 17.2. The van der Waals surface area contributed by atoms with Crippen LogP contribution in [0.25, 0.3) is 22.0 Å². The van der Waals surface area contributed by atoms with Crippen molar-refractivity contribution in [3.05, 3.63) is 107 Å². The maximum Gasteiger partial charge on any atom is 0.226 e. The lowest BCUT2D eigenvalue weighted by atomic mass is 10.1. The maximum atomic E-state index is 12.7. The van der Waals surface area contributed by atoms with Gasteiger partial charge in [0.15, 0.2) is 10.8 Å². The molecule has 2 aromatic carbocycles. The van der Waals surface area contributed by atoms with Crippen LogP contribution >= 0.6 is 11.3 Å². The monoisotopic (exact) mass is 468 g/mol. The van der Waals surface area contributed by atoms with E-state index in [1.807, 2.05) is 83.8 Å². The molecule has 0 radical (unpaired) electrons. The molecule has 0 aliphatic rings. The molecule has 0 unspecified atom stereocenters. The molecule has 3 heterocycles. The van der Waals surface area contributed by atoms with E-state index in [-0.39, 0.29) is 12.3 Å². The molecule has 0 fully saturated rings. The molecule has 7 heteroatoms. The van der Waals surface area contributed by atoms with Gasteiger partial charge in [-0.25, -0.2) is 4.98 Å². The number of rotatable bonds is 8. The van der Waals surface area contributed by atoms with Crippen molar-refractivity contribution in [1.29, 1.82) is 0 Å². The first-order valence-electron chi connectivity index (χ1n) is 11.1. The number of carbonyl (C=O) groups is 1. The summed E-state index contributed by atoms with van der Waals surface area (Å²) in [7, 11) is 0. The highest BCUT2D eigenvalue weighted by atomic mass is 32.1. The normalized spacial score (nSPS) is 11.0. The minimum Gasteiger partial charge on any atom is -0.459 e. The number of nitrogens with zero attached hydrogens (tertiary/aromatic N) is 3. The Morgan fingerprint density at radius 1 is 1.03 bits per heavy atom. The summed E-state index contributed by atoms with van der Waals surface area (Å²) >= 11 is 1.48. The zero-order valence-corrected chi connectivity index (χ0v) is 19.6. The number of aromatic nitrogens is 3. The fraction of sp³-hybridized carbons (Fsp3) is 0.148. The van der Waals surface area contributed by atoms with Crippen LogP contribution in [0, 0.1) is 6.92 Å². The van der Waals surface area contributed by atoms with E-state index in [2.05, 4.69) is 22.4 Å². The number of amides is 1. The van der Waals surface area contributed by atoms with Crippen LogP contribution in [0.15, 0.2) is 88.8 Å². The van der Waals surface area contributed by atoms with Gasteiger partial charge in [0, 0.05) is 29.2 Å². The van der Waals surface area contributed by atoms with Crippen LogP contribution in [-0.4, -0.2) is 20.7 Å². The van der Waals surface area contributed by atoms with Crippen molar-refractivity contribution in [2.45, 2.75) is 26.4 Å². The summed E-state index contributed by atoms with van der Waals surface area (Å²) in [6, 6.07) is 24.1. The van der Waals surface area contributed by atoms with Crippen molar-refractivity contribution in [1.82, 2.24) is 20.1 Å². The first-order chi connectivity index (χ1) is 16.6. The number of hydrogen-bond donors (Lipinski definition) is 1. The quantitative estimate of drug-likeness (QED) is 0.327. The molecule has 0 bridgehead atoms. The van der Waals surface area contributed by atoms with Crippen molar-refractivity contribution in [3.63, 3.8) is 0 Å². The fourth-order valence-corrected chi connectivity index (χ4v) is 4.53. The molecule has 0 saturated heterocycles.